The summed E-state index contributed by atoms with van der Waals surface area (Å²) in [5.41, 5.74) is 0. The normalized spacial score (nSPS) is 16.9. The third-order valence-corrected chi connectivity index (χ3v) is 3.71. The van der Waals surface area contributed by atoms with Crippen LogP contribution in [0.15, 0.2) is 18.5 Å². The number of anilines is 1. The van der Waals surface area contributed by atoms with Crippen molar-refractivity contribution in [3.8, 4) is 0 Å². The third kappa shape index (κ3) is 5.06. The monoisotopic (exact) mass is 277 g/mol. The lowest BCUT2D eigenvalue weighted by atomic mass is 10.1. The van der Waals surface area contributed by atoms with Crippen molar-refractivity contribution < 1.29 is 0 Å². The Labute approximate surface area is 122 Å². The molecule has 1 aliphatic rings. The number of aromatic nitrogens is 2. The number of nitrogens with one attached hydrogen (secondary N) is 1. The zero-order valence-electron chi connectivity index (χ0n) is 12.8. The Morgan fingerprint density at radius 1 is 1.10 bits per heavy atom. The fraction of sp³-hybridized carbons (Fsp3) is 0.733. The van der Waals surface area contributed by atoms with Gasteiger partial charge in [-0.15, -0.1) is 0 Å². The van der Waals surface area contributed by atoms with Gasteiger partial charge in [0.2, 0.25) is 5.95 Å². The van der Waals surface area contributed by atoms with E-state index >= 15 is 0 Å². The van der Waals surface area contributed by atoms with Gasteiger partial charge in [0.1, 0.15) is 0 Å². The van der Waals surface area contributed by atoms with Crippen LogP contribution < -0.4 is 10.2 Å². The van der Waals surface area contributed by atoms with Crippen molar-refractivity contribution in [2.45, 2.75) is 20.3 Å². The highest BCUT2D eigenvalue weighted by molar-refractivity contribution is 5.29. The SMILES string of the molecule is CC(C)CCNCCN1CCN(c2ncccn2)CC1. The largest absolute Gasteiger partial charge is 0.338 e. The van der Waals surface area contributed by atoms with E-state index in [2.05, 4.69) is 38.9 Å². The van der Waals surface area contributed by atoms with E-state index in [1.54, 1.807) is 0 Å². The number of piperazine rings is 1. The standard InChI is InChI=1S/C15H27N5/c1-14(2)4-7-16-8-9-19-10-12-20(13-11-19)15-17-5-3-6-18-15/h3,5-6,14,16H,4,7-13H2,1-2H3. The summed E-state index contributed by atoms with van der Waals surface area (Å²) < 4.78 is 0. The summed E-state index contributed by atoms with van der Waals surface area (Å²) in [6.45, 7) is 12.2. The average Bonchev–Trinajstić information content (AvgIpc) is 2.48. The maximum atomic E-state index is 4.31. The smallest absolute Gasteiger partial charge is 0.225 e. The molecule has 1 aliphatic heterocycles. The maximum absolute atomic E-state index is 4.31. The second-order valence-corrected chi connectivity index (χ2v) is 5.81. The molecule has 5 nitrogen and oxygen atoms in total. The van der Waals surface area contributed by atoms with Gasteiger partial charge in [0, 0.05) is 51.7 Å². The van der Waals surface area contributed by atoms with Crippen LogP contribution in [0, 0.1) is 5.92 Å². The van der Waals surface area contributed by atoms with Gasteiger partial charge >= 0.3 is 0 Å². The molecule has 0 radical (unpaired) electrons. The van der Waals surface area contributed by atoms with Crippen LogP contribution in [-0.4, -0.2) is 60.7 Å². The van der Waals surface area contributed by atoms with Gasteiger partial charge in [0.15, 0.2) is 0 Å². The molecule has 0 saturated carbocycles. The molecule has 2 heterocycles. The van der Waals surface area contributed by atoms with E-state index in [9.17, 15) is 0 Å². The van der Waals surface area contributed by atoms with E-state index in [4.69, 9.17) is 0 Å². The van der Waals surface area contributed by atoms with Crippen molar-refractivity contribution in [3.05, 3.63) is 18.5 Å². The Bertz CT molecular complexity index is 360. The summed E-state index contributed by atoms with van der Waals surface area (Å²) in [6, 6.07) is 1.86. The van der Waals surface area contributed by atoms with Gasteiger partial charge in [-0.2, -0.15) is 0 Å². The van der Waals surface area contributed by atoms with Gasteiger partial charge in [0.05, 0.1) is 0 Å². The summed E-state index contributed by atoms with van der Waals surface area (Å²) in [5, 5.41) is 3.53. The minimum Gasteiger partial charge on any atom is -0.338 e. The summed E-state index contributed by atoms with van der Waals surface area (Å²) >= 11 is 0. The van der Waals surface area contributed by atoms with Crippen molar-refractivity contribution in [1.29, 1.82) is 0 Å². The second-order valence-electron chi connectivity index (χ2n) is 5.81. The van der Waals surface area contributed by atoms with Gasteiger partial charge in [-0.1, -0.05) is 13.8 Å². The molecule has 0 atom stereocenters. The first kappa shape index (κ1) is 15.2. The first-order valence-corrected chi connectivity index (χ1v) is 7.71. The van der Waals surface area contributed by atoms with E-state index in [1.165, 1.54) is 6.42 Å². The number of hydrogen-bond acceptors (Lipinski definition) is 5. The van der Waals surface area contributed by atoms with Crippen molar-refractivity contribution in [2.24, 2.45) is 5.92 Å². The molecule has 1 aromatic rings. The minimum atomic E-state index is 0.789. The van der Waals surface area contributed by atoms with E-state index in [0.29, 0.717) is 0 Å². The Morgan fingerprint density at radius 2 is 1.80 bits per heavy atom. The van der Waals surface area contributed by atoms with Gasteiger partial charge in [-0.25, -0.2) is 9.97 Å². The van der Waals surface area contributed by atoms with Crippen LogP contribution in [0.1, 0.15) is 20.3 Å². The molecular weight excluding hydrogens is 250 g/mol. The van der Waals surface area contributed by atoms with Gasteiger partial charge in [-0.3, -0.25) is 4.90 Å². The molecule has 2 rings (SSSR count). The minimum absolute atomic E-state index is 0.789. The molecule has 0 aromatic carbocycles. The van der Waals surface area contributed by atoms with Crippen molar-refractivity contribution in [3.63, 3.8) is 0 Å². The van der Waals surface area contributed by atoms with Gasteiger partial charge in [-0.05, 0) is 24.9 Å². The summed E-state index contributed by atoms with van der Waals surface area (Å²) in [4.78, 5) is 13.4. The average molecular weight is 277 g/mol. The lowest BCUT2D eigenvalue weighted by Crippen LogP contribution is -2.48. The Kier molecular flexibility index (Phi) is 6.21. The molecule has 5 heteroatoms. The molecule has 0 amide bonds. The van der Waals surface area contributed by atoms with E-state index in [0.717, 1.165) is 57.7 Å². The van der Waals surface area contributed by atoms with Crippen LogP contribution >= 0.6 is 0 Å². The Morgan fingerprint density at radius 3 is 2.45 bits per heavy atom. The van der Waals surface area contributed by atoms with Crippen LogP contribution in [0.3, 0.4) is 0 Å². The zero-order valence-corrected chi connectivity index (χ0v) is 12.8. The molecular formula is C15H27N5. The second kappa shape index (κ2) is 8.17. The summed E-state index contributed by atoms with van der Waals surface area (Å²) in [7, 11) is 0. The predicted octanol–water partition coefficient (Wildman–Crippen LogP) is 1.23. The van der Waals surface area contributed by atoms with E-state index in [-0.39, 0.29) is 0 Å². The number of hydrogen-bond donors (Lipinski definition) is 1. The van der Waals surface area contributed by atoms with Crippen molar-refractivity contribution in [1.82, 2.24) is 20.2 Å². The van der Waals surface area contributed by atoms with E-state index in [1.807, 2.05) is 18.5 Å². The topological polar surface area (TPSA) is 44.3 Å². The zero-order chi connectivity index (χ0) is 14.2. The van der Waals surface area contributed by atoms with Crippen molar-refractivity contribution in [2.75, 3.05) is 50.7 Å². The quantitative estimate of drug-likeness (QED) is 0.760. The molecule has 1 saturated heterocycles. The van der Waals surface area contributed by atoms with Crippen LogP contribution in [0.4, 0.5) is 5.95 Å². The van der Waals surface area contributed by atoms with Gasteiger partial charge < -0.3 is 10.2 Å². The molecule has 0 bridgehead atoms. The maximum Gasteiger partial charge on any atom is 0.225 e. The number of rotatable bonds is 7. The highest BCUT2D eigenvalue weighted by Gasteiger charge is 2.17. The molecule has 112 valence electrons. The fourth-order valence-corrected chi connectivity index (χ4v) is 2.38. The third-order valence-electron chi connectivity index (χ3n) is 3.71. The first-order valence-electron chi connectivity index (χ1n) is 7.71. The van der Waals surface area contributed by atoms with Gasteiger partial charge in [0.25, 0.3) is 0 Å². The molecule has 1 fully saturated rings. The highest BCUT2D eigenvalue weighted by Crippen LogP contribution is 2.09. The molecule has 0 spiro atoms. The summed E-state index contributed by atoms with van der Waals surface area (Å²) in [5.74, 6) is 1.65. The van der Waals surface area contributed by atoms with Crippen LogP contribution in [0.25, 0.3) is 0 Å². The lowest BCUT2D eigenvalue weighted by molar-refractivity contribution is 0.256. The molecule has 0 aliphatic carbocycles. The van der Waals surface area contributed by atoms with Crippen molar-refractivity contribution >= 4 is 5.95 Å². The lowest BCUT2D eigenvalue weighted by Gasteiger charge is -2.34. The first-order chi connectivity index (χ1) is 9.75. The Balaban J connectivity index is 1.60. The van der Waals surface area contributed by atoms with E-state index < -0.39 is 0 Å². The summed E-state index contributed by atoms with van der Waals surface area (Å²) in [6.07, 6.45) is 4.89. The van der Waals surface area contributed by atoms with Crippen LogP contribution in [-0.2, 0) is 0 Å². The predicted molar refractivity (Wildman–Crippen MR) is 83.0 cm³/mol. The number of nitrogens with zero attached hydrogens (tertiary/aromatic N) is 4. The molecule has 20 heavy (non-hydrogen) atoms. The Hall–Kier alpha value is -1.20. The van der Waals surface area contributed by atoms with Crippen LogP contribution in [0.5, 0.6) is 0 Å². The molecule has 1 aromatic heterocycles. The molecule has 0 unspecified atom stereocenters. The molecule has 1 N–H and O–H groups in total. The highest BCUT2D eigenvalue weighted by atomic mass is 15.3. The fourth-order valence-electron chi connectivity index (χ4n) is 2.38. The van der Waals surface area contributed by atoms with Crippen LogP contribution in [0.2, 0.25) is 0 Å².